The summed E-state index contributed by atoms with van der Waals surface area (Å²) in [7, 11) is 0. The fraction of sp³-hybridized carbons (Fsp3) is 0.538. The van der Waals surface area contributed by atoms with E-state index >= 15 is 0 Å². The van der Waals surface area contributed by atoms with Gasteiger partial charge in [0, 0.05) is 6.04 Å². The minimum atomic E-state index is -0.0874. The Morgan fingerprint density at radius 3 is 2.80 bits per heavy atom. The molecular weight excluding hydrogens is 189 g/mol. The summed E-state index contributed by atoms with van der Waals surface area (Å²) in [5.74, 6) is -0.0874. The molecule has 0 radical (unpaired) electrons. The Kier molecular flexibility index (Phi) is 3.06. The zero-order valence-corrected chi connectivity index (χ0v) is 9.44. The molecule has 1 aliphatic rings. The van der Waals surface area contributed by atoms with Crippen molar-refractivity contribution in [2.45, 2.75) is 39.2 Å². The van der Waals surface area contributed by atoms with Crippen molar-refractivity contribution >= 4 is 0 Å². The molecule has 0 saturated carbocycles. The van der Waals surface area contributed by atoms with E-state index in [0.717, 1.165) is 24.1 Å². The Bertz CT molecular complexity index is 354. The second kappa shape index (κ2) is 4.31. The number of aryl methyl sites for hydroxylation is 2. The first-order chi connectivity index (χ1) is 7.16. The van der Waals surface area contributed by atoms with E-state index in [-0.39, 0.29) is 5.82 Å². The summed E-state index contributed by atoms with van der Waals surface area (Å²) < 4.78 is 13.3. The minimum absolute atomic E-state index is 0.0874. The predicted molar refractivity (Wildman–Crippen MR) is 60.6 cm³/mol. The molecule has 1 nitrogen and oxygen atoms in total. The van der Waals surface area contributed by atoms with Gasteiger partial charge in [-0.25, -0.2) is 4.39 Å². The van der Waals surface area contributed by atoms with Crippen LogP contribution in [0.4, 0.5) is 4.39 Å². The third kappa shape index (κ3) is 2.37. The van der Waals surface area contributed by atoms with E-state index in [4.69, 9.17) is 0 Å². The first-order valence-corrected chi connectivity index (χ1v) is 5.66. The second-order valence-electron chi connectivity index (χ2n) is 4.53. The monoisotopic (exact) mass is 207 g/mol. The molecule has 0 amide bonds. The van der Waals surface area contributed by atoms with Crippen molar-refractivity contribution in [1.82, 2.24) is 5.32 Å². The van der Waals surface area contributed by atoms with E-state index in [0.29, 0.717) is 6.04 Å². The number of nitrogens with one attached hydrogen (secondary N) is 1. The van der Waals surface area contributed by atoms with E-state index < -0.39 is 0 Å². The summed E-state index contributed by atoms with van der Waals surface area (Å²) in [6.45, 7) is 4.96. The smallest absolute Gasteiger partial charge is 0.126 e. The van der Waals surface area contributed by atoms with Crippen LogP contribution < -0.4 is 5.32 Å². The van der Waals surface area contributed by atoms with Crippen molar-refractivity contribution in [3.63, 3.8) is 0 Å². The average molecular weight is 207 g/mol. The van der Waals surface area contributed by atoms with E-state index in [1.807, 2.05) is 19.9 Å². The van der Waals surface area contributed by atoms with Gasteiger partial charge in [0.15, 0.2) is 0 Å². The van der Waals surface area contributed by atoms with Crippen molar-refractivity contribution in [2.24, 2.45) is 0 Å². The van der Waals surface area contributed by atoms with Crippen LogP contribution in [0, 0.1) is 19.7 Å². The molecule has 1 fully saturated rings. The van der Waals surface area contributed by atoms with Crippen molar-refractivity contribution in [3.05, 3.63) is 34.6 Å². The highest BCUT2D eigenvalue weighted by Crippen LogP contribution is 2.19. The molecule has 0 bridgehead atoms. The molecular formula is C13H18FN. The summed E-state index contributed by atoms with van der Waals surface area (Å²) >= 11 is 0. The van der Waals surface area contributed by atoms with Crippen molar-refractivity contribution < 1.29 is 4.39 Å². The van der Waals surface area contributed by atoms with Crippen molar-refractivity contribution in [2.75, 3.05) is 6.54 Å². The highest BCUT2D eigenvalue weighted by Gasteiger charge is 2.15. The predicted octanol–water partition coefficient (Wildman–Crippen LogP) is 2.74. The van der Waals surface area contributed by atoms with Gasteiger partial charge >= 0.3 is 0 Å². The van der Waals surface area contributed by atoms with Crippen molar-refractivity contribution in [1.29, 1.82) is 0 Å². The van der Waals surface area contributed by atoms with E-state index in [2.05, 4.69) is 5.32 Å². The molecule has 1 unspecified atom stereocenters. The molecule has 0 spiro atoms. The Morgan fingerprint density at radius 1 is 1.33 bits per heavy atom. The van der Waals surface area contributed by atoms with Crippen LogP contribution in [0.25, 0.3) is 0 Å². The molecule has 1 aliphatic heterocycles. The van der Waals surface area contributed by atoms with Crippen LogP contribution >= 0.6 is 0 Å². The second-order valence-corrected chi connectivity index (χ2v) is 4.53. The first kappa shape index (κ1) is 10.6. The zero-order chi connectivity index (χ0) is 10.8. The highest BCUT2D eigenvalue weighted by molar-refractivity contribution is 5.32. The van der Waals surface area contributed by atoms with Gasteiger partial charge in [-0.05, 0) is 62.4 Å². The fourth-order valence-electron chi connectivity index (χ4n) is 2.26. The van der Waals surface area contributed by atoms with Crippen LogP contribution in [0.2, 0.25) is 0 Å². The van der Waals surface area contributed by atoms with Gasteiger partial charge in [0.25, 0.3) is 0 Å². The van der Waals surface area contributed by atoms with E-state index in [1.54, 1.807) is 6.07 Å². The van der Waals surface area contributed by atoms with Crippen LogP contribution in [0.1, 0.15) is 29.5 Å². The highest BCUT2D eigenvalue weighted by atomic mass is 19.1. The lowest BCUT2D eigenvalue weighted by atomic mass is 9.98. The zero-order valence-electron chi connectivity index (χ0n) is 9.44. The lowest BCUT2D eigenvalue weighted by Gasteiger charge is -2.13. The van der Waals surface area contributed by atoms with Crippen LogP contribution in [0.3, 0.4) is 0 Å². The van der Waals surface area contributed by atoms with Gasteiger partial charge in [-0.3, -0.25) is 0 Å². The number of hydrogen-bond donors (Lipinski definition) is 1. The van der Waals surface area contributed by atoms with Gasteiger partial charge in [0.05, 0.1) is 0 Å². The third-order valence-corrected chi connectivity index (χ3v) is 3.25. The maximum absolute atomic E-state index is 13.3. The maximum Gasteiger partial charge on any atom is 0.126 e. The summed E-state index contributed by atoms with van der Waals surface area (Å²) in [5.41, 5.74) is 3.12. The topological polar surface area (TPSA) is 12.0 Å². The molecule has 0 aromatic heterocycles. The standard InChI is InChI=1S/C13H18FN/c1-9-7-13(14)10(2)6-11(9)8-12-4-3-5-15-12/h6-7,12,15H,3-5,8H2,1-2H3. The molecule has 0 aliphatic carbocycles. The summed E-state index contributed by atoms with van der Waals surface area (Å²) in [6.07, 6.45) is 3.55. The van der Waals surface area contributed by atoms with E-state index in [9.17, 15) is 4.39 Å². The molecule has 2 heteroatoms. The maximum atomic E-state index is 13.3. The largest absolute Gasteiger partial charge is 0.314 e. The molecule has 1 aromatic rings. The molecule has 82 valence electrons. The Labute approximate surface area is 90.7 Å². The third-order valence-electron chi connectivity index (χ3n) is 3.25. The summed E-state index contributed by atoms with van der Waals surface area (Å²) in [6, 6.07) is 4.23. The fourth-order valence-corrected chi connectivity index (χ4v) is 2.26. The Hall–Kier alpha value is -0.890. The number of hydrogen-bond acceptors (Lipinski definition) is 1. The summed E-state index contributed by atoms with van der Waals surface area (Å²) in [5, 5.41) is 3.47. The van der Waals surface area contributed by atoms with Crippen LogP contribution in [0.5, 0.6) is 0 Å². The van der Waals surface area contributed by atoms with Crippen LogP contribution in [-0.2, 0) is 6.42 Å². The van der Waals surface area contributed by atoms with Gasteiger partial charge in [-0.1, -0.05) is 6.07 Å². The molecule has 15 heavy (non-hydrogen) atoms. The van der Waals surface area contributed by atoms with Gasteiger partial charge < -0.3 is 5.32 Å². The first-order valence-electron chi connectivity index (χ1n) is 5.66. The van der Waals surface area contributed by atoms with Gasteiger partial charge in [0.2, 0.25) is 0 Å². The van der Waals surface area contributed by atoms with Crippen LogP contribution in [-0.4, -0.2) is 12.6 Å². The molecule has 1 N–H and O–H groups in total. The van der Waals surface area contributed by atoms with Gasteiger partial charge in [-0.15, -0.1) is 0 Å². The minimum Gasteiger partial charge on any atom is -0.314 e. The van der Waals surface area contributed by atoms with E-state index in [1.165, 1.54) is 18.4 Å². The van der Waals surface area contributed by atoms with Crippen molar-refractivity contribution in [3.8, 4) is 0 Å². The number of rotatable bonds is 2. The quantitative estimate of drug-likeness (QED) is 0.786. The average Bonchev–Trinajstić information content (AvgIpc) is 2.67. The SMILES string of the molecule is Cc1cc(CC2CCCN2)c(C)cc1F. The van der Waals surface area contributed by atoms with Gasteiger partial charge in [-0.2, -0.15) is 0 Å². The molecule has 1 aromatic carbocycles. The number of benzene rings is 1. The Balaban J connectivity index is 2.16. The van der Waals surface area contributed by atoms with Crippen LogP contribution in [0.15, 0.2) is 12.1 Å². The molecule has 1 saturated heterocycles. The molecule has 1 heterocycles. The summed E-state index contributed by atoms with van der Waals surface area (Å²) in [4.78, 5) is 0. The Morgan fingerprint density at radius 2 is 2.13 bits per heavy atom. The lowest BCUT2D eigenvalue weighted by Crippen LogP contribution is -2.24. The normalized spacial score (nSPS) is 20.9. The number of halogens is 1. The lowest BCUT2D eigenvalue weighted by molar-refractivity contribution is 0.593. The molecule has 2 rings (SSSR count). The van der Waals surface area contributed by atoms with Gasteiger partial charge in [0.1, 0.15) is 5.82 Å². The molecule has 1 atom stereocenters.